The Morgan fingerprint density at radius 1 is 1.53 bits per heavy atom. The highest BCUT2D eigenvalue weighted by Crippen LogP contribution is 2.20. The number of carbonyl (C=O) groups is 1. The smallest absolute Gasteiger partial charge is 0.254 e. The number of nitrogens with zero attached hydrogens (tertiary/aromatic N) is 1. The predicted molar refractivity (Wildman–Crippen MR) is 75.3 cm³/mol. The fourth-order valence-electron chi connectivity index (χ4n) is 2.48. The maximum absolute atomic E-state index is 12.6. The van der Waals surface area contributed by atoms with E-state index in [0.717, 1.165) is 25.1 Å². The van der Waals surface area contributed by atoms with Crippen LogP contribution in [0.5, 0.6) is 0 Å². The SMILES string of the molecule is COCC(C)N(C)C(=O)c1cccc2c1CCNC2. The third kappa shape index (κ3) is 2.96. The molecule has 0 spiro atoms. The highest BCUT2D eigenvalue weighted by Gasteiger charge is 2.22. The molecule has 1 heterocycles. The molecule has 4 nitrogen and oxygen atoms in total. The molecule has 4 heteroatoms. The zero-order valence-electron chi connectivity index (χ0n) is 11.9. The summed E-state index contributed by atoms with van der Waals surface area (Å²) in [6.45, 7) is 4.35. The van der Waals surface area contributed by atoms with Crippen LogP contribution in [0.3, 0.4) is 0 Å². The number of rotatable bonds is 4. The Morgan fingerprint density at radius 2 is 2.32 bits per heavy atom. The summed E-state index contributed by atoms with van der Waals surface area (Å²) >= 11 is 0. The predicted octanol–water partition coefficient (Wildman–Crippen LogP) is 1.44. The monoisotopic (exact) mass is 262 g/mol. The quantitative estimate of drug-likeness (QED) is 0.892. The van der Waals surface area contributed by atoms with Crippen molar-refractivity contribution in [2.75, 3.05) is 27.3 Å². The van der Waals surface area contributed by atoms with Gasteiger partial charge in [0.15, 0.2) is 0 Å². The summed E-state index contributed by atoms with van der Waals surface area (Å²) in [5.74, 6) is 0.0864. The molecule has 1 aliphatic heterocycles. The van der Waals surface area contributed by atoms with E-state index >= 15 is 0 Å². The van der Waals surface area contributed by atoms with Crippen molar-refractivity contribution in [3.8, 4) is 0 Å². The average Bonchev–Trinajstić information content (AvgIpc) is 2.45. The Hall–Kier alpha value is -1.39. The van der Waals surface area contributed by atoms with E-state index in [1.807, 2.05) is 26.1 Å². The van der Waals surface area contributed by atoms with Gasteiger partial charge in [-0.15, -0.1) is 0 Å². The lowest BCUT2D eigenvalue weighted by Gasteiger charge is -2.27. The van der Waals surface area contributed by atoms with E-state index < -0.39 is 0 Å². The molecule has 1 aliphatic rings. The number of carbonyl (C=O) groups excluding carboxylic acids is 1. The standard InChI is InChI=1S/C15H22N2O2/c1-11(10-19-3)17(2)15(18)14-6-4-5-12-9-16-8-7-13(12)14/h4-6,11,16H,7-10H2,1-3H3. The average molecular weight is 262 g/mol. The van der Waals surface area contributed by atoms with Gasteiger partial charge in [0.1, 0.15) is 0 Å². The number of hydrogen-bond acceptors (Lipinski definition) is 3. The second-order valence-corrected chi connectivity index (χ2v) is 5.09. The Bertz CT molecular complexity index is 459. The van der Waals surface area contributed by atoms with Crippen molar-refractivity contribution in [2.24, 2.45) is 0 Å². The van der Waals surface area contributed by atoms with Crippen molar-refractivity contribution < 1.29 is 9.53 Å². The number of fused-ring (bicyclic) bond motifs is 1. The number of benzene rings is 1. The van der Waals surface area contributed by atoms with Gasteiger partial charge in [-0.25, -0.2) is 0 Å². The summed E-state index contributed by atoms with van der Waals surface area (Å²) in [6.07, 6.45) is 0.920. The molecule has 0 fully saturated rings. The van der Waals surface area contributed by atoms with E-state index in [1.165, 1.54) is 11.1 Å². The van der Waals surface area contributed by atoms with Crippen molar-refractivity contribution in [3.63, 3.8) is 0 Å². The first-order valence-corrected chi connectivity index (χ1v) is 6.72. The van der Waals surface area contributed by atoms with Crippen LogP contribution in [0.25, 0.3) is 0 Å². The molecule has 1 aromatic carbocycles. The Kier molecular flexibility index (Phi) is 4.56. The molecular weight excluding hydrogens is 240 g/mol. The molecule has 0 aromatic heterocycles. The van der Waals surface area contributed by atoms with Gasteiger partial charge in [-0.3, -0.25) is 4.79 Å². The molecule has 0 saturated carbocycles. The highest BCUT2D eigenvalue weighted by molar-refractivity contribution is 5.96. The normalized spacial score (nSPS) is 15.7. The van der Waals surface area contributed by atoms with Crippen LogP contribution < -0.4 is 5.32 Å². The number of ether oxygens (including phenoxy) is 1. The summed E-state index contributed by atoms with van der Waals surface area (Å²) in [4.78, 5) is 14.3. The van der Waals surface area contributed by atoms with E-state index in [-0.39, 0.29) is 11.9 Å². The van der Waals surface area contributed by atoms with Crippen molar-refractivity contribution in [1.82, 2.24) is 10.2 Å². The van der Waals surface area contributed by atoms with Crippen molar-refractivity contribution >= 4 is 5.91 Å². The third-order valence-electron chi connectivity index (χ3n) is 3.76. The molecule has 0 radical (unpaired) electrons. The Morgan fingerprint density at radius 3 is 3.05 bits per heavy atom. The van der Waals surface area contributed by atoms with Gasteiger partial charge in [0.25, 0.3) is 5.91 Å². The minimum absolute atomic E-state index is 0.0788. The van der Waals surface area contributed by atoms with Gasteiger partial charge in [-0.2, -0.15) is 0 Å². The number of likely N-dealkylation sites (N-methyl/N-ethyl adjacent to an activating group) is 1. The molecular formula is C15H22N2O2. The summed E-state index contributed by atoms with van der Waals surface area (Å²) in [5, 5.41) is 3.33. The minimum Gasteiger partial charge on any atom is -0.383 e. The van der Waals surface area contributed by atoms with Crippen LogP contribution in [-0.4, -0.2) is 44.2 Å². The van der Waals surface area contributed by atoms with Crippen molar-refractivity contribution in [1.29, 1.82) is 0 Å². The first-order chi connectivity index (χ1) is 9.15. The summed E-state index contributed by atoms with van der Waals surface area (Å²) in [6, 6.07) is 6.07. The fraction of sp³-hybridized carbons (Fsp3) is 0.533. The molecule has 0 saturated heterocycles. The fourth-order valence-corrected chi connectivity index (χ4v) is 2.48. The van der Waals surface area contributed by atoms with E-state index in [1.54, 1.807) is 12.0 Å². The molecule has 0 bridgehead atoms. The largest absolute Gasteiger partial charge is 0.383 e. The maximum atomic E-state index is 12.6. The molecule has 1 amide bonds. The number of nitrogens with one attached hydrogen (secondary N) is 1. The van der Waals surface area contributed by atoms with E-state index in [4.69, 9.17) is 4.74 Å². The molecule has 19 heavy (non-hydrogen) atoms. The van der Waals surface area contributed by atoms with E-state index in [9.17, 15) is 4.79 Å². The second-order valence-electron chi connectivity index (χ2n) is 5.09. The molecule has 1 N–H and O–H groups in total. The lowest BCUT2D eigenvalue weighted by molar-refractivity contribution is 0.0632. The maximum Gasteiger partial charge on any atom is 0.254 e. The summed E-state index contributed by atoms with van der Waals surface area (Å²) < 4.78 is 5.12. The second kappa shape index (κ2) is 6.17. The van der Waals surface area contributed by atoms with E-state index in [0.29, 0.717) is 6.61 Å². The lowest BCUT2D eigenvalue weighted by atomic mass is 9.94. The van der Waals surface area contributed by atoms with Crippen LogP contribution >= 0.6 is 0 Å². The number of methoxy groups -OCH3 is 1. The Labute approximate surface area is 114 Å². The molecule has 0 aliphatic carbocycles. The molecule has 104 valence electrons. The van der Waals surface area contributed by atoms with Gasteiger partial charge in [-0.1, -0.05) is 12.1 Å². The van der Waals surface area contributed by atoms with Gasteiger partial charge >= 0.3 is 0 Å². The van der Waals surface area contributed by atoms with Crippen LogP contribution in [-0.2, 0) is 17.7 Å². The summed E-state index contributed by atoms with van der Waals surface area (Å²) in [7, 11) is 3.50. The third-order valence-corrected chi connectivity index (χ3v) is 3.76. The van der Waals surface area contributed by atoms with E-state index in [2.05, 4.69) is 11.4 Å². The van der Waals surface area contributed by atoms with Crippen LogP contribution in [0.1, 0.15) is 28.4 Å². The first-order valence-electron chi connectivity index (χ1n) is 6.72. The van der Waals surface area contributed by atoms with Crippen LogP contribution in [0.4, 0.5) is 0 Å². The number of amides is 1. The zero-order chi connectivity index (χ0) is 13.8. The summed E-state index contributed by atoms with van der Waals surface area (Å²) in [5.41, 5.74) is 3.28. The van der Waals surface area contributed by atoms with Gasteiger partial charge in [-0.05, 0) is 37.1 Å². The van der Waals surface area contributed by atoms with Crippen molar-refractivity contribution in [2.45, 2.75) is 25.9 Å². The number of hydrogen-bond donors (Lipinski definition) is 1. The van der Waals surface area contributed by atoms with Crippen LogP contribution in [0.2, 0.25) is 0 Å². The van der Waals surface area contributed by atoms with Gasteiger partial charge in [0, 0.05) is 26.3 Å². The highest BCUT2D eigenvalue weighted by atomic mass is 16.5. The van der Waals surface area contributed by atoms with Crippen LogP contribution in [0.15, 0.2) is 18.2 Å². The van der Waals surface area contributed by atoms with Crippen molar-refractivity contribution in [3.05, 3.63) is 34.9 Å². The zero-order valence-corrected chi connectivity index (χ0v) is 11.9. The van der Waals surface area contributed by atoms with Gasteiger partial charge in [0.05, 0.1) is 12.6 Å². The molecule has 1 atom stereocenters. The molecule has 1 unspecified atom stereocenters. The topological polar surface area (TPSA) is 41.6 Å². The molecule has 1 aromatic rings. The Balaban J connectivity index is 2.24. The lowest BCUT2D eigenvalue weighted by Crippen LogP contribution is -2.39. The van der Waals surface area contributed by atoms with Gasteiger partial charge in [0.2, 0.25) is 0 Å². The first kappa shape index (κ1) is 14.0. The minimum atomic E-state index is 0.0788. The van der Waals surface area contributed by atoms with Gasteiger partial charge < -0.3 is 15.0 Å². The molecule has 2 rings (SSSR count). The van der Waals surface area contributed by atoms with Crippen LogP contribution in [0, 0.1) is 0 Å².